The SMILES string of the molecule is C/C=C(\NC)c1c(Cl)c(F)c(CSC)c2[nH]ncc12. The van der Waals surface area contributed by atoms with E-state index in [1.54, 1.807) is 25.0 Å². The van der Waals surface area contributed by atoms with Crippen molar-refractivity contribution in [2.45, 2.75) is 12.7 Å². The van der Waals surface area contributed by atoms with Crippen molar-refractivity contribution in [3.8, 4) is 0 Å². The molecule has 0 aliphatic heterocycles. The first-order chi connectivity index (χ1) is 9.15. The molecule has 2 N–H and O–H groups in total. The predicted octanol–water partition coefficient (Wildman–Crippen LogP) is 3.80. The zero-order valence-electron chi connectivity index (χ0n) is 11.0. The maximum atomic E-state index is 14.4. The second kappa shape index (κ2) is 5.84. The van der Waals surface area contributed by atoms with E-state index < -0.39 is 0 Å². The minimum atomic E-state index is -0.377. The van der Waals surface area contributed by atoms with E-state index in [0.29, 0.717) is 22.4 Å². The molecule has 1 aromatic heterocycles. The molecule has 0 saturated heterocycles. The van der Waals surface area contributed by atoms with Crippen LogP contribution in [0.1, 0.15) is 18.1 Å². The molecule has 3 nitrogen and oxygen atoms in total. The molecule has 6 heteroatoms. The van der Waals surface area contributed by atoms with E-state index in [2.05, 4.69) is 15.5 Å². The van der Waals surface area contributed by atoms with E-state index in [4.69, 9.17) is 11.6 Å². The van der Waals surface area contributed by atoms with Gasteiger partial charge in [-0.2, -0.15) is 16.9 Å². The average molecular weight is 300 g/mol. The molecule has 0 bridgehead atoms. The maximum Gasteiger partial charge on any atom is 0.148 e. The summed E-state index contributed by atoms with van der Waals surface area (Å²) in [5, 5.41) is 10.9. The number of thioether (sulfide) groups is 1. The first kappa shape index (κ1) is 14.2. The van der Waals surface area contributed by atoms with Crippen LogP contribution in [-0.4, -0.2) is 23.5 Å². The van der Waals surface area contributed by atoms with E-state index in [1.807, 2.05) is 19.3 Å². The number of nitrogens with one attached hydrogen (secondary N) is 2. The number of H-pyrrole nitrogens is 1. The lowest BCUT2D eigenvalue weighted by molar-refractivity contribution is 0.619. The molecule has 0 unspecified atom stereocenters. The monoisotopic (exact) mass is 299 g/mol. The van der Waals surface area contributed by atoms with Crippen LogP contribution in [0.4, 0.5) is 4.39 Å². The van der Waals surface area contributed by atoms with Crippen LogP contribution < -0.4 is 5.32 Å². The number of halogens is 2. The van der Waals surface area contributed by atoms with Gasteiger partial charge in [-0.15, -0.1) is 0 Å². The number of benzene rings is 1. The third kappa shape index (κ3) is 2.32. The Kier molecular flexibility index (Phi) is 4.37. The molecule has 0 amide bonds. The van der Waals surface area contributed by atoms with Crippen molar-refractivity contribution in [1.82, 2.24) is 15.5 Å². The number of nitrogens with zero attached hydrogens (tertiary/aromatic N) is 1. The van der Waals surface area contributed by atoms with Gasteiger partial charge in [0.05, 0.1) is 16.7 Å². The van der Waals surface area contributed by atoms with Gasteiger partial charge < -0.3 is 5.32 Å². The second-order valence-electron chi connectivity index (χ2n) is 4.03. The zero-order valence-corrected chi connectivity index (χ0v) is 12.5. The molecule has 0 spiro atoms. The average Bonchev–Trinajstić information content (AvgIpc) is 2.88. The van der Waals surface area contributed by atoms with E-state index in [9.17, 15) is 4.39 Å². The number of hydrogen-bond donors (Lipinski definition) is 2. The number of aromatic amines is 1. The van der Waals surface area contributed by atoms with E-state index >= 15 is 0 Å². The third-order valence-corrected chi connectivity index (χ3v) is 3.94. The molecule has 1 aromatic carbocycles. The fraction of sp³-hybridized carbons (Fsp3) is 0.308. The minimum Gasteiger partial charge on any atom is -0.388 e. The lowest BCUT2D eigenvalue weighted by atomic mass is 10.0. The number of rotatable bonds is 4. The van der Waals surface area contributed by atoms with Gasteiger partial charge in [-0.1, -0.05) is 17.7 Å². The molecule has 102 valence electrons. The van der Waals surface area contributed by atoms with Crippen LogP contribution in [0.3, 0.4) is 0 Å². The van der Waals surface area contributed by atoms with Crippen molar-refractivity contribution in [3.63, 3.8) is 0 Å². The molecule has 19 heavy (non-hydrogen) atoms. The summed E-state index contributed by atoms with van der Waals surface area (Å²) in [5.41, 5.74) is 2.71. The van der Waals surface area contributed by atoms with Crippen LogP contribution in [0.2, 0.25) is 5.02 Å². The van der Waals surface area contributed by atoms with Crippen LogP contribution >= 0.6 is 23.4 Å². The number of hydrogen-bond acceptors (Lipinski definition) is 3. The molecule has 0 fully saturated rings. The first-order valence-electron chi connectivity index (χ1n) is 5.81. The van der Waals surface area contributed by atoms with Crippen LogP contribution in [0.25, 0.3) is 16.6 Å². The Morgan fingerprint density at radius 3 is 2.95 bits per heavy atom. The van der Waals surface area contributed by atoms with E-state index in [1.165, 1.54) is 0 Å². The molecule has 0 saturated carbocycles. The Balaban J connectivity index is 2.83. The molecule has 0 atom stereocenters. The summed E-state index contributed by atoms with van der Waals surface area (Å²) in [4.78, 5) is 0. The van der Waals surface area contributed by atoms with Gasteiger partial charge in [-0.3, -0.25) is 5.10 Å². The number of allylic oxidation sites excluding steroid dienone is 1. The van der Waals surface area contributed by atoms with Crippen molar-refractivity contribution in [1.29, 1.82) is 0 Å². The highest BCUT2D eigenvalue weighted by Gasteiger charge is 2.21. The highest BCUT2D eigenvalue weighted by atomic mass is 35.5. The largest absolute Gasteiger partial charge is 0.388 e. The van der Waals surface area contributed by atoms with Crippen LogP contribution in [0.5, 0.6) is 0 Å². The summed E-state index contributed by atoms with van der Waals surface area (Å²) in [6.07, 6.45) is 5.47. The molecular weight excluding hydrogens is 285 g/mol. The molecule has 1 heterocycles. The summed E-state index contributed by atoms with van der Waals surface area (Å²) in [6, 6.07) is 0. The summed E-state index contributed by atoms with van der Waals surface area (Å²) in [6.45, 7) is 1.88. The van der Waals surface area contributed by atoms with Crippen molar-refractivity contribution >= 4 is 40.0 Å². The van der Waals surface area contributed by atoms with Crippen LogP contribution in [0.15, 0.2) is 12.3 Å². The van der Waals surface area contributed by atoms with Crippen molar-refractivity contribution in [3.05, 3.63) is 34.2 Å². The zero-order chi connectivity index (χ0) is 14.0. The van der Waals surface area contributed by atoms with E-state index in [0.717, 1.165) is 11.1 Å². The second-order valence-corrected chi connectivity index (χ2v) is 5.27. The summed E-state index contributed by atoms with van der Waals surface area (Å²) < 4.78 is 14.4. The standard InChI is InChI=1S/C13H15ClFN3S/c1-4-9(16-2)10-7-5-17-18-13(7)8(6-19-3)12(15)11(10)14/h4-5,16H,6H2,1-3H3,(H,17,18)/b9-4-. The van der Waals surface area contributed by atoms with Crippen molar-refractivity contribution in [2.75, 3.05) is 13.3 Å². The highest BCUT2D eigenvalue weighted by molar-refractivity contribution is 7.97. The Morgan fingerprint density at radius 2 is 2.37 bits per heavy atom. The molecule has 2 rings (SSSR count). The van der Waals surface area contributed by atoms with Gasteiger partial charge in [0.1, 0.15) is 5.82 Å². The Hall–Kier alpha value is -1.20. The molecule has 0 radical (unpaired) electrons. The molecular formula is C13H15ClFN3S. The third-order valence-electron chi connectivity index (χ3n) is 3.00. The lowest BCUT2D eigenvalue weighted by Crippen LogP contribution is -2.07. The van der Waals surface area contributed by atoms with Crippen LogP contribution in [-0.2, 0) is 5.75 Å². The maximum absolute atomic E-state index is 14.4. The van der Waals surface area contributed by atoms with Gasteiger partial charge in [0.25, 0.3) is 0 Å². The highest BCUT2D eigenvalue weighted by Crippen LogP contribution is 2.36. The number of fused-ring (bicyclic) bond motifs is 1. The van der Waals surface area contributed by atoms with Gasteiger partial charge >= 0.3 is 0 Å². The minimum absolute atomic E-state index is 0.139. The fourth-order valence-corrected chi connectivity index (χ4v) is 3.01. The first-order valence-corrected chi connectivity index (χ1v) is 7.59. The molecule has 0 aliphatic rings. The molecule has 0 aliphatic carbocycles. The van der Waals surface area contributed by atoms with Gasteiger partial charge in [0, 0.05) is 35.0 Å². The van der Waals surface area contributed by atoms with E-state index in [-0.39, 0.29) is 10.8 Å². The Bertz CT molecular complexity index is 636. The predicted molar refractivity (Wildman–Crippen MR) is 81.0 cm³/mol. The Labute approximate surface area is 120 Å². The van der Waals surface area contributed by atoms with Gasteiger partial charge in [-0.25, -0.2) is 4.39 Å². The van der Waals surface area contributed by atoms with Gasteiger partial charge in [0.2, 0.25) is 0 Å². The number of aromatic nitrogens is 2. The summed E-state index contributed by atoms with van der Waals surface area (Å²) in [7, 11) is 1.78. The smallest absolute Gasteiger partial charge is 0.148 e. The van der Waals surface area contributed by atoms with Gasteiger partial charge in [-0.05, 0) is 13.2 Å². The fourth-order valence-electron chi connectivity index (χ4n) is 2.13. The van der Waals surface area contributed by atoms with Gasteiger partial charge in [0.15, 0.2) is 0 Å². The lowest BCUT2D eigenvalue weighted by Gasteiger charge is -2.14. The van der Waals surface area contributed by atoms with Crippen LogP contribution in [0, 0.1) is 5.82 Å². The topological polar surface area (TPSA) is 40.7 Å². The van der Waals surface area contributed by atoms with Crippen molar-refractivity contribution in [2.24, 2.45) is 0 Å². The summed E-state index contributed by atoms with van der Waals surface area (Å²) in [5.74, 6) is 0.173. The molecule has 2 aromatic rings. The quantitative estimate of drug-likeness (QED) is 0.902. The normalized spacial score (nSPS) is 12.2. The summed E-state index contributed by atoms with van der Waals surface area (Å²) >= 11 is 7.76. The Morgan fingerprint density at radius 1 is 1.63 bits per heavy atom. The van der Waals surface area contributed by atoms with Crippen molar-refractivity contribution < 1.29 is 4.39 Å².